The third kappa shape index (κ3) is 3.04. The smallest absolute Gasteiger partial charge is 0.185 e. The number of halogens is 2. The molecule has 21 heavy (non-hydrogen) atoms. The van der Waals surface area contributed by atoms with E-state index in [1.165, 1.54) is 18.2 Å². The normalized spacial score (nSPS) is 10.8. The minimum atomic E-state index is -0.560. The monoisotopic (exact) mass is 302 g/mol. The van der Waals surface area contributed by atoms with E-state index in [2.05, 4.69) is 6.07 Å². The molecule has 0 saturated heterocycles. The molecule has 0 spiro atoms. The molecule has 0 atom stereocenters. The van der Waals surface area contributed by atoms with Crippen molar-refractivity contribution in [1.82, 2.24) is 4.57 Å². The molecule has 0 bridgehead atoms. The molecule has 0 aliphatic rings. The summed E-state index contributed by atoms with van der Waals surface area (Å²) in [5, 5.41) is 8.87. The number of nitriles is 1. The van der Waals surface area contributed by atoms with Crippen molar-refractivity contribution in [3.05, 3.63) is 63.7 Å². The van der Waals surface area contributed by atoms with Crippen LogP contribution in [0, 0.1) is 24.1 Å². The first-order valence-corrected chi connectivity index (χ1v) is 6.55. The lowest BCUT2D eigenvalue weighted by Crippen LogP contribution is -1.95. The lowest BCUT2D eigenvalue weighted by molar-refractivity contribution is 0.104. The van der Waals surface area contributed by atoms with Crippen LogP contribution in [0.3, 0.4) is 0 Å². The number of aromatic nitrogens is 1. The average Bonchev–Trinajstić information content (AvgIpc) is 2.75. The van der Waals surface area contributed by atoms with E-state index >= 15 is 0 Å². The van der Waals surface area contributed by atoms with E-state index in [1.54, 1.807) is 23.8 Å². The van der Waals surface area contributed by atoms with Crippen molar-refractivity contribution in [2.75, 3.05) is 0 Å². The quantitative estimate of drug-likeness (QED) is 0.638. The summed E-state index contributed by atoms with van der Waals surface area (Å²) in [6.45, 7) is 1.86. The Labute approximate surface area is 126 Å². The summed E-state index contributed by atoms with van der Waals surface area (Å²) < 4.78 is 14.8. The zero-order valence-corrected chi connectivity index (χ0v) is 12.3. The molecule has 2 aromatic rings. The van der Waals surface area contributed by atoms with Crippen LogP contribution >= 0.6 is 11.6 Å². The maximum absolute atomic E-state index is 13.1. The highest BCUT2D eigenvalue weighted by Crippen LogP contribution is 2.18. The summed E-state index contributed by atoms with van der Waals surface area (Å²) in [5.74, 6) is -0.839. The van der Waals surface area contributed by atoms with Crippen molar-refractivity contribution < 1.29 is 9.18 Å². The summed E-state index contributed by atoms with van der Waals surface area (Å²) in [7, 11) is 1.78. The van der Waals surface area contributed by atoms with Gasteiger partial charge in [0.1, 0.15) is 17.6 Å². The molecular weight excluding hydrogens is 291 g/mol. The Morgan fingerprint density at radius 1 is 1.43 bits per heavy atom. The molecule has 0 radical (unpaired) electrons. The average molecular weight is 303 g/mol. The highest BCUT2D eigenvalue weighted by atomic mass is 35.5. The van der Waals surface area contributed by atoms with Gasteiger partial charge in [-0.25, -0.2) is 4.39 Å². The van der Waals surface area contributed by atoms with Crippen molar-refractivity contribution in [3.8, 4) is 6.07 Å². The molecule has 3 nitrogen and oxygen atoms in total. The van der Waals surface area contributed by atoms with Gasteiger partial charge in [-0.15, -0.1) is 0 Å². The Morgan fingerprint density at radius 3 is 2.71 bits per heavy atom. The fraction of sp³-hybridized carbons (Fsp3) is 0.125. The van der Waals surface area contributed by atoms with Crippen LogP contribution in [-0.2, 0) is 7.05 Å². The van der Waals surface area contributed by atoms with Crippen molar-refractivity contribution in [1.29, 1.82) is 5.26 Å². The van der Waals surface area contributed by atoms with Crippen LogP contribution in [-0.4, -0.2) is 10.4 Å². The highest BCUT2D eigenvalue weighted by molar-refractivity contribution is 6.31. The van der Waals surface area contributed by atoms with Crippen molar-refractivity contribution in [2.45, 2.75) is 6.92 Å². The van der Waals surface area contributed by atoms with E-state index in [0.717, 1.165) is 17.3 Å². The number of hydrogen-bond acceptors (Lipinski definition) is 2. The molecule has 0 unspecified atom stereocenters. The molecule has 1 heterocycles. The summed E-state index contributed by atoms with van der Waals surface area (Å²) in [6, 6.07) is 7.61. The molecule has 0 N–H and O–H groups in total. The zero-order chi connectivity index (χ0) is 15.6. The number of hydrogen-bond donors (Lipinski definition) is 0. The first-order chi connectivity index (χ1) is 9.93. The largest absolute Gasteiger partial charge is 0.339 e. The van der Waals surface area contributed by atoms with Crippen LogP contribution in [0.1, 0.15) is 27.3 Å². The van der Waals surface area contributed by atoms with Gasteiger partial charge < -0.3 is 4.57 Å². The van der Waals surface area contributed by atoms with Gasteiger partial charge in [0.15, 0.2) is 5.78 Å². The Morgan fingerprint density at radius 2 is 2.14 bits per heavy atom. The van der Waals surface area contributed by atoms with Crippen LogP contribution in [0.5, 0.6) is 0 Å². The van der Waals surface area contributed by atoms with Gasteiger partial charge in [-0.05, 0) is 48.9 Å². The molecule has 0 aliphatic carbocycles. The number of ketones is 1. The van der Waals surface area contributed by atoms with E-state index in [0.29, 0.717) is 11.3 Å². The molecule has 2 rings (SSSR count). The van der Waals surface area contributed by atoms with Gasteiger partial charge in [0.05, 0.1) is 5.02 Å². The summed E-state index contributed by atoms with van der Waals surface area (Å²) in [6.07, 6.45) is 3.02. The van der Waals surface area contributed by atoms with E-state index in [-0.39, 0.29) is 10.8 Å². The number of benzene rings is 1. The summed E-state index contributed by atoms with van der Waals surface area (Å²) in [5.41, 5.74) is 2.50. The molecule has 0 fully saturated rings. The van der Waals surface area contributed by atoms with E-state index in [1.807, 2.05) is 6.92 Å². The first kappa shape index (κ1) is 15.0. The Bertz CT molecular complexity index is 784. The molecule has 0 amide bonds. The van der Waals surface area contributed by atoms with Crippen molar-refractivity contribution >= 4 is 23.5 Å². The van der Waals surface area contributed by atoms with Gasteiger partial charge in [-0.3, -0.25) is 4.79 Å². The van der Waals surface area contributed by atoms with Crippen molar-refractivity contribution in [3.63, 3.8) is 0 Å². The van der Waals surface area contributed by atoms with Crippen LogP contribution in [0.4, 0.5) is 4.39 Å². The number of allylic oxidation sites excluding steroid dienone is 1. The number of carbonyl (C=O) groups is 1. The molecule has 5 heteroatoms. The molecular formula is C16H12ClFN2O. The second-order valence-electron chi connectivity index (χ2n) is 4.57. The Kier molecular flexibility index (Phi) is 4.25. The van der Waals surface area contributed by atoms with Gasteiger partial charge in [0, 0.05) is 18.3 Å². The minimum absolute atomic E-state index is 0.0862. The zero-order valence-electron chi connectivity index (χ0n) is 11.5. The Hall–Kier alpha value is -2.38. The number of carbonyl (C=O) groups excluding carboxylic acids is 1. The van der Waals surface area contributed by atoms with Gasteiger partial charge >= 0.3 is 0 Å². The number of rotatable bonds is 3. The lowest BCUT2D eigenvalue weighted by atomic mass is 10.1. The molecule has 1 aromatic carbocycles. The third-order valence-corrected chi connectivity index (χ3v) is 3.60. The van der Waals surface area contributed by atoms with E-state index < -0.39 is 5.82 Å². The van der Waals surface area contributed by atoms with Crippen LogP contribution in [0.25, 0.3) is 6.08 Å². The second kappa shape index (κ2) is 5.94. The topological polar surface area (TPSA) is 45.8 Å². The Balaban J connectivity index is 2.27. The summed E-state index contributed by atoms with van der Waals surface area (Å²) >= 11 is 5.65. The molecule has 0 aliphatic heterocycles. The predicted molar refractivity (Wildman–Crippen MR) is 79.6 cm³/mol. The predicted octanol–water partition coefficient (Wildman–Crippen LogP) is 3.89. The van der Waals surface area contributed by atoms with Gasteiger partial charge in [0.25, 0.3) is 0 Å². The fourth-order valence-corrected chi connectivity index (χ4v) is 2.09. The first-order valence-electron chi connectivity index (χ1n) is 6.18. The maximum atomic E-state index is 13.1. The molecule has 106 valence electrons. The van der Waals surface area contributed by atoms with Crippen molar-refractivity contribution in [2.24, 2.45) is 7.05 Å². The standard InChI is InChI=1S/C16H12ClFN2O/c1-10-11(7-13(9-19)20(10)2)4-6-16(21)12-3-5-15(18)14(17)8-12/h3-8H,1-2H3/b6-4+. The van der Waals surface area contributed by atoms with Crippen LogP contribution in [0.15, 0.2) is 30.3 Å². The fourth-order valence-electron chi connectivity index (χ4n) is 1.91. The summed E-state index contributed by atoms with van der Waals surface area (Å²) in [4.78, 5) is 12.0. The molecule has 0 saturated carbocycles. The van der Waals surface area contributed by atoms with Crippen LogP contribution in [0.2, 0.25) is 5.02 Å². The minimum Gasteiger partial charge on any atom is -0.339 e. The van der Waals surface area contributed by atoms with E-state index in [9.17, 15) is 9.18 Å². The third-order valence-electron chi connectivity index (χ3n) is 3.31. The van der Waals surface area contributed by atoms with Gasteiger partial charge in [-0.1, -0.05) is 11.6 Å². The van der Waals surface area contributed by atoms with Gasteiger partial charge in [-0.2, -0.15) is 5.26 Å². The highest BCUT2D eigenvalue weighted by Gasteiger charge is 2.08. The second-order valence-corrected chi connectivity index (χ2v) is 4.97. The van der Waals surface area contributed by atoms with Gasteiger partial charge in [0.2, 0.25) is 0 Å². The number of nitrogens with zero attached hydrogens (tertiary/aromatic N) is 2. The van der Waals surface area contributed by atoms with E-state index in [4.69, 9.17) is 16.9 Å². The maximum Gasteiger partial charge on any atom is 0.185 e. The lowest BCUT2D eigenvalue weighted by Gasteiger charge is -1.99. The van der Waals surface area contributed by atoms with Crippen LogP contribution < -0.4 is 0 Å². The SMILES string of the molecule is Cc1c(/C=C/C(=O)c2ccc(F)c(Cl)c2)cc(C#N)n1C. The molecule has 1 aromatic heterocycles.